The van der Waals surface area contributed by atoms with Crippen LogP contribution in [0.15, 0.2) is 55.9 Å². The second-order valence-corrected chi connectivity index (χ2v) is 6.18. The van der Waals surface area contributed by atoms with Gasteiger partial charge < -0.3 is 10.3 Å². The Hall–Kier alpha value is -1.66. The number of anilines is 1. The molecule has 3 aromatic rings. The maximum Gasteiger partial charge on any atom is 0.177 e. The molecule has 2 N–H and O–H groups in total. The van der Waals surface area contributed by atoms with E-state index in [1.807, 2.05) is 24.3 Å². The Bertz CT molecular complexity index is 800. The van der Waals surface area contributed by atoms with Crippen LogP contribution in [0.1, 0.15) is 0 Å². The van der Waals surface area contributed by atoms with Gasteiger partial charge in [-0.25, -0.2) is 4.39 Å². The van der Waals surface area contributed by atoms with Gasteiger partial charge in [-0.2, -0.15) is 0 Å². The highest BCUT2D eigenvalue weighted by molar-refractivity contribution is 9.10. The van der Waals surface area contributed by atoms with Crippen LogP contribution in [0.4, 0.5) is 10.2 Å². The number of rotatable bonds is 2. The molecule has 2 aromatic carbocycles. The van der Waals surface area contributed by atoms with Crippen molar-refractivity contribution in [3.63, 3.8) is 0 Å². The number of nitrogen functional groups attached to an aromatic ring is 1. The van der Waals surface area contributed by atoms with Crippen molar-refractivity contribution >= 4 is 37.7 Å². The van der Waals surface area contributed by atoms with Crippen LogP contribution in [0.25, 0.3) is 22.5 Å². The fourth-order valence-corrected chi connectivity index (χ4v) is 2.54. The molecule has 0 radical (unpaired) electrons. The number of benzene rings is 2. The van der Waals surface area contributed by atoms with Gasteiger partial charge in [0, 0.05) is 10.0 Å². The molecule has 3 rings (SSSR count). The van der Waals surface area contributed by atoms with Crippen molar-refractivity contribution in [2.45, 2.75) is 0 Å². The summed E-state index contributed by atoms with van der Waals surface area (Å²) in [6.45, 7) is 0. The first-order valence-corrected chi connectivity index (χ1v) is 7.61. The summed E-state index contributed by atoms with van der Waals surface area (Å²) in [6, 6.07) is 12.3. The summed E-state index contributed by atoms with van der Waals surface area (Å²) in [4.78, 5) is 0. The zero-order valence-corrected chi connectivity index (χ0v) is 13.8. The van der Waals surface area contributed by atoms with E-state index in [9.17, 15) is 4.39 Å². The van der Waals surface area contributed by atoms with Gasteiger partial charge in [-0.15, -0.1) is 0 Å². The lowest BCUT2D eigenvalue weighted by Crippen LogP contribution is -1.89. The Labute approximate surface area is 137 Å². The summed E-state index contributed by atoms with van der Waals surface area (Å²) >= 11 is 6.51. The second-order valence-electron chi connectivity index (χ2n) is 4.41. The quantitative estimate of drug-likeness (QED) is 0.626. The van der Waals surface area contributed by atoms with Gasteiger partial charge in [0.2, 0.25) is 0 Å². The van der Waals surface area contributed by atoms with Gasteiger partial charge in [0.1, 0.15) is 5.82 Å². The molecule has 0 spiro atoms. The first-order chi connectivity index (χ1) is 10.1. The van der Waals surface area contributed by atoms with Crippen LogP contribution in [0.2, 0.25) is 0 Å². The van der Waals surface area contributed by atoms with E-state index < -0.39 is 0 Å². The zero-order chi connectivity index (χ0) is 15.0. The summed E-state index contributed by atoms with van der Waals surface area (Å²) in [7, 11) is 0. The largest absolute Gasteiger partial charge is 0.380 e. The van der Waals surface area contributed by atoms with Crippen LogP contribution < -0.4 is 5.73 Å². The van der Waals surface area contributed by atoms with E-state index in [2.05, 4.69) is 37.0 Å². The zero-order valence-electron chi connectivity index (χ0n) is 10.6. The molecular weight excluding hydrogens is 403 g/mol. The topological polar surface area (TPSA) is 52.0 Å². The Morgan fingerprint density at radius 2 is 1.67 bits per heavy atom. The highest BCUT2D eigenvalue weighted by Gasteiger charge is 2.18. The standard InChI is InChI=1S/C15H9Br2FN2O/c16-10-4-1-8(2-5-10)13-14(21-20-15(13)19)9-3-6-11(17)12(18)7-9/h1-7H,(H2,19,20). The molecule has 106 valence electrons. The Kier molecular flexibility index (Phi) is 3.82. The summed E-state index contributed by atoms with van der Waals surface area (Å²) in [5.74, 6) is 0.348. The number of aromatic nitrogens is 1. The first kappa shape index (κ1) is 14.3. The van der Waals surface area contributed by atoms with Crippen molar-refractivity contribution in [1.29, 1.82) is 0 Å². The van der Waals surface area contributed by atoms with Crippen LogP contribution in [0, 0.1) is 5.82 Å². The van der Waals surface area contributed by atoms with E-state index in [-0.39, 0.29) is 11.6 Å². The van der Waals surface area contributed by atoms with Crippen LogP contribution in [0.5, 0.6) is 0 Å². The van der Waals surface area contributed by atoms with E-state index in [1.54, 1.807) is 12.1 Å². The van der Waals surface area contributed by atoms with Gasteiger partial charge in [-0.3, -0.25) is 0 Å². The molecule has 0 aliphatic rings. The van der Waals surface area contributed by atoms with Crippen LogP contribution >= 0.6 is 31.9 Å². The van der Waals surface area contributed by atoms with E-state index in [0.717, 1.165) is 10.0 Å². The van der Waals surface area contributed by atoms with Crippen molar-refractivity contribution < 1.29 is 8.91 Å². The van der Waals surface area contributed by atoms with Crippen molar-refractivity contribution in [3.8, 4) is 22.5 Å². The smallest absolute Gasteiger partial charge is 0.177 e. The third kappa shape index (κ3) is 2.73. The van der Waals surface area contributed by atoms with Gasteiger partial charge in [0.15, 0.2) is 11.6 Å². The SMILES string of the molecule is Nc1noc(-c2ccc(Br)c(F)c2)c1-c1ccc(Br)cc1. The van der Waals surface area contributed by atoms with Crippen LogP contribution in [0.3, 0.4) is 0 Å². The minimum Gasteiger partial charge on any atom is -0.380 e. The molecular formula is C15H9Br2FN2O. The Morgan fingerprint density at radius 3 is 2.33 bits per heavy atom. The third-order valence-electron chi connectivity index (χ3n) is 3.03. The minimum absolute atomic E-state index is 0.274. The average molecular weight is 412 g/mol. The molecule has 0 aliphatic carbocycles. The fraction of sp³-hybridized carbons (Fsp3) is 0. The third-order valence-corrected chi connectivity index (χ3v) is 4.20. The number of halogens is 3. The number of nitrogens with two attached hydrogens (primary N) is 1. The lowest BCUT2D eigenvalue weighted by Gasteiger charge is -2.04. The number of hydrogen-bond donors (Lipinski definition) is 1. The van der Waals surface area contributed by atoms with Crippen molar-refractivity contribution in [3.05, 3.63) is 57.2 Å². The maximum absolute atomic E-state index is 13.7. The highest BCUT2D eigenvalue weighted by Crippen LogP contribution is 2.37. The molecule has 6 heteroatoms. The second kappa shape index (κ2) is 5.61. The van der Waals surface area contributed by atoms with Crippen molar-refractivity contribution in [1.82, 2.24) is 5.16 Å². The molecule has 0 amide bonds. The van der Waals surface area contributed by atoms with Crippen LogP contribution in [-0.2, 0) is 0 Å². The van der Waals surface area contributed by atoms with Gasteiger partial charge in [-0.1, -0.05) is 33.2 Å². The molecule has 21 heavy (non-hydrogen) atoms. The molecule has 0 aliphatic heterocycles. The lowest BCUT2D eigenvalue weighted by atomic mass is 10.0. The number of hydrogen-bond acceptors (Lipinski definition) is 3. The molecule has 0 saturated heterocycles. The van der Waals surface area contributed by atoms with Gasteiger partial charge >= 0.3 is 0 Å². The van der Waals surface area contributed by atoms with E-state index >= 15 is 0 Å². The first-order valence-electron chi connectivity index (χ1n) is 6.03. The fourth-order valence-electron chi connectivity index (χ4n) is 2.03. The van der Waals surface area contributed by atoms with Gasteiger partial charge in [0.05, 0.1) is 10.0 Å². The lowest BCUT2D eigenvalue weighted by molar-refractivity contribution is 0.436. The predicted octanol–water partition coefficient (Wildman–Crippen LogP) is 5.25. The highest BCUT2D eigenvalue weighted by atomic mass is 79.9. The Morgan fingerprint density at radius 1 is 1.00 bits per heavy atom. The van der Waals surface area contributed by atoms with Crippen molar-refractivity contribution in [2.24, 2.45) is 0 Å². The number of nitrogens with zero attached hydrogens (tertiary/aromatic N) is 1. The monoisotopic (exact) mass is 410 g/mol. The van der Waals surface area contributed by atoms with Crippen molar-refractivity contribution in [2.75, 3.05) is 5.73 Å². The maximum atomic E-state index is 13.7. The summed E-state index contributed by atoms with van der Waals surface area (Å²) in [5.41, 5.74) is 7.99. The van der Waals surface area contributed by atoms with E-state index in [0.29, 0.717) is 21.4 Å². The molecule has 1 heterocycles. The molecule has 0 unspecified atom stereocenters. The predicted molar refractivity (Wildman–Crippen MR) is 87.1 cm³/mol. The van der Waals surface area contributed by atoms with E-state index in [1.165, 1.54) is 6.07 Å². The summed E-state index contributed by atoms with van der Waals surface area (Å²) in [6.07, 6.45) is 0. The Balaban J connectivity index is 2.16. The average Bonchev–Trinajstić information content (AvgIpc) is 2.85. The van der Waals surface area contributed by atoms with E-state index in [4.69, 9.17) is 10.3 Å². The van der Waals surface area contributed by atoms with Crippen LogP contribution in [-0.4, -0.2) is 5.16 Å². The summed E-state index contributed by atoms with van der Waals surface area (Å²) in [5, 5.41) is 3.80. The molecule has 0 saturated carbocycles. The molecule has 3 nitrogen and oxygen atoms in total. The van der Waals surface area contributed by atoms with Gasteiger partial charge in [0.25, 0.3) is 0 Å². The molecule has 0 atom stereocenters. The molecule has 0 bridgehead atoms. The summed E-state index contributed by atoms with van der Waals surface area (Å²) < 4.78 is 20.4. The molecule has 0 fully saturated rings. The normalized spacial score (nSPS) is 10.8. The minimum atomic E-state index is -0.371. The van der Waals surface area contributed by atoms with Gasteiger partial charge in [-0.05, 0) is 51.8 Å². The molecule has 1 aromatic heterocycles.